The van der Waals surface area contributed by atoms with Crippen molar-refractivity contribution in [1.82, 2.24) is 35.8 Å². The van der Waals surface area contributed by atoms with E-state index in [1.54, 1.807) is 35.1 Å². The molecule has 330 valence electrons. The Hall–Kier alpha value is -5.04. The second kappa shape index (κ2) is 23.1. The Balaban J connectivity index is 1.09. The molecule has 4 rings (SSSR count). The van der Waals surface area contributed by atoms with E-state index >= 15 is 0 Å². The highest BCUT2D eigenvalue weighted by atomic mass is 16.5. The molecule has 1 saturated carbocycles. The van der Waals surface area contributed by atoms with Crippen LogP contribution in [0.4, 0.5) is 5.69 Å². The predicted octanol–water partition coefficient (Wildman–Crippen LogP) is 1.86. The van der Waals surface area contributed by atoms with E-state index in [2.05, 4.69) is 31.6 Å². The summed E-state index contributed by atoms with van der Waals surface area (Å²) in [6.07, 6.45) is 10.2. The number of carbonyl (C=O) groups is 6. The number of aromatic nitrogens is 3. The summed E-state index contributed by atoms with van der Waals surface area (Å²) in [5.74, 6) is -1.83. The molecule has 2 heterocycles. The van der Waals surface area contributed by atoms with Gasteiger partial charge >= 0.3 is 0 Å². The van der Waals surface area contributed by atoms with Crippen molar-refractivity contribution in [2.75, 3.05) is 38.2 Å². The third-order valence-electron chi connectivity index (χ3n) is 10.7. The van der Waals surface area contributed by atoms with Crippen LogP contribution in [0.2, 0.25) is 0 Å². The van der Waals surface area contributed by atoms with Gasteiger partial charge in [0.1, 0.15) is 24.9 Å². The van der Waals surface area contributed by atoms with Gasteiger partial charge in [0, 0.05) is 49.0 Å². The lowest BCUT2D eigenvalue weighted by Gasteiger charge is -2.30. The van der Waals surface area contributed by atoms with Crippen LogP contribution in [0.15, 0.2) is 42.6 Å². The number of nitrogens with two attached hydrogens (primary N) is 1. The summed E-state index contributed by atoms with van der Waals surface area (Å²) in [6.45, 7) is 8.85. The SMILES string of the molecule is CC(C)(CCOC(C)(C)CCn1cc(CNC(=O)C2CCC(CN3C(=O)C=CC3=O)CC2)nn1)NC(=O)COCC(=O)NC(CCCCN)C(=O)Nc1ccc(CO)cc1. The van der Waals surface area contributed by atoms with E-state index in [0.29, 0.717) is 88.1 Å². The van der Waals surface area contributed by atoms with E-state index in [9.17, 15) is 33.9 Å². The normalized spacial score (nSPS) is 17.4. The van der Waals surface area contributed by atoms with Gasteiger partial charge in [0.25, 0.3) is 11.8 Å². The minimum atomic E-state index is -0.826. The maximum absolute atomic E-state index is 13.0. The Morgan fingerprint density at radius 1 is 0.950 bits per heavy atom. The highest BCUT2D eigenvalue weighted by Crippen LogP contribution is 2.30. The van der Waals surface area contributed by atoms with Crippen molar-refractivity contribution in [3.05, 3.63) is 53.9 Å². The number of unbranched alkanes of at least 4 members (excludes halogenated alkanes) is 1. The van der Waals surface area contributed by atoms with Gasteiger partial charge in [-0.3, -0.25) is 38.3 Å². The zero-order valence-corrected chi connectivity index (χ0v) is 35.4. The number of rotatable bonds is 25. The summed E-state index contributed by atoms with van der Waals surface area (Å²) in [5.41, 5.74) is 6.35. The van der Waals surface area contributed by atoms with Crippen molar-refractivity contribution < 1.29 is 43.3 Å². The smallest absolute Gasteiger partial charge is 0.253 e. The standard InChI is InChI=1S/C42H63N9O9/c1-41(2,47-36(54)28-59-27-35(53)46-34(7-5-6-20-43)40(58)45-32-14-10-30(26-52)11-15-32)19-22-60-42(3,4)18-21-50-25-33(48-49-50)23-44-39(57)31-12-8-29(9-13-31)24-51-37(55)16-17-38(51)56/h10-11,14-17,25,29,31,34,52H,5-9,12-13,18-24,26-28,43H2,1-4H3,(H,44,57)(H,45,58)(H,46,53)(H,47,54). The largest absolute Gasteiger partial charge is 0.392 e. The number of ether oxygens (including phenoxy) is 2. The van der Waals surface area contributed by atoms with Crippen molar-refractivity contribution in [2.45, 2.75) is 122 Å². The Labute approximate surface area is 351 Å². The Morgan fingerprint density at radius 2 is 1.63 bits per heavy atom. The highest BCUT2D eigenvalue weighted by Gasteiger charge is 2.31. The summed E-state index contributed by atoms with van der Waals surface area (Å²) >= 11 is 0. The van der Waals surface area contributed by atoms with Crippen molar-refractivity contribution in [1.29, 1.82) is 0 Å². The summed E-state index contributed by atoms with van der Waals surface area (Å²) in [7, 11) is 0. The van der Waals surface area contributed by atoms with Crippen LogP contribution in [-0.2, 0) is 57.9 Å². The van der Waals surface area contributed by atoms with E-state index in [-0.39, 0.29) is 49.3 Å². The number of nitrogens with one attached hydrogen (secondary N) is 4. The number of benzene rings is 1. The van der Waals surface area contributed by atoms with Crippen LogP contribution in [0.3, 0.4) is 0 Å². The molecule has 0 spiro atoms. The average molecular weight is 838 g/mol. The first-order chi connectivity index (χ1) is 28.6. The summed E-state index contributed by atoms with van der Waals surface area (Å²) in [6, 6.07) is 5.90. The number of aliphatic hydroxyl groups excluding tert-OH is 1. The van der Waals surface area contributed by atoms with E-state index < -0.39 is 41.5 Å². The fourth-order valence-electron chi connectivity index (χ4n) is 7.00. The summed E-state index contributed by atoms with van der Waals surface area (Å²) in [5, 5.41) is 29.0. The minimum absolute atomic E-state index is 0.0351. The van der Waals surface area contributed by atoms with Gasteiger partial charge in [0.15, 0.2) is 0 Å². The third kappa shape index (κ3) is 16.2. The Bertz CT molecular complexity index is 1770. The number of hydrogen-bond acceptors (Lipinski definition) is 12. The Kier molecular flexibility index (Phi) is 18.3. The van der Waals surface area contributed by atoms with Crippen LogP contribution in [-0.4, -0.2) is 111 Å². The number of aliphatic hydroxyl groups is 1. The molecule has 2 aromatic rings. The topological polar surface area (TPSA) is 249 Å². The lowest BCUT2D eigenvalue weighted by atomic mass is 9.81. The second-order valence-corrected chi connectivity index (χ2v) is 16.8. The lowest BCUT2D eigenvalue weighted by Crippen LogP contribution is -2.47. The van der Waals surface area contributed by atoms with Crippen LogP contribution in [0.1, 0.15) is 96.7 Å². The molecule has 2 aliphatic rings. The van der Waals surface area contributed by atoms with Gasteiger partial charge in [-0.05, 0) is 116 Å². The van der Waals surface area contributed by atoms with Gasteiger partial charge in [0.05, 0.1) is 24.9 Å². The van der Waals surface area contributed by atoms with E-state index in [4.69, 9.17) is 15.2 Å². The molecule has 1 aromatic heterocycles. The molecule has 6 amide bonds. The number of carbonyl (C=O) groups excluding carboxylic acids is 6. The number of nitrogens with zero attached hydrogens (tertiary/aromatic N) is 4. The molecule has 1 unspecified atom stereocenters. The van der Waals surface area contributed by atoms with E-state index in [1.807, 2.05) is 27.7 Å². The van der Waals surface area contributed by atoms with Crippen molar-refractivity contribution in [3.8, 4) is 0 Å². The van der Waals surface area contributed by atoms with Crippen LogP contribution in [0, 0.1) is 11.8 Å². The molecule has 18 heteroatoms. The van der Waals surface area contributed by atoms with Crippen molar-refractivity contribution >= 4 is 41.1 Å². The molecule has 0 bridgehead atoms. The fraction of sp³-hybridized carbons (Fsp3) is 0.619. The van der Waals surface area contributed by atoms with Gasteiger partial charge < -0.3 is 41.6 Å². The van der Waals surface area contributed by atoms with Crippen molar-refractivity contribution in [3.63, 3.8) is 0 Å². The van der Waals surface area contributed by atoms with Gasteiger partial charge in [-0.25, -0.2) is 0 Å². The summed E-state index contributed by atoms with van der Waals surface area (Å²) in [4.78, 5) is 76.2. The molecule has 1 aliphatic heterocycles. The molecule has 0 saturated heterocycles. The number of imide groups is 1. The second-order valence-electron chi connectivity index (χ2n) is 16.8. The maximum Gasteiger partial charge on any atom is 0.253 e. The molecule has 1 aromatic carbocycles. The first-order valence-corrected chi connectivity index (χ1v) is 20.8. The molecule has 18 nitrogen and oxygen atoms in total. The highest BCUT2D eigenvalue weighted by molar-refractivity contribution is 6.12. The maximum atomic E-state index is 13.0. The molecule has 60 heavy (non-hydrogen) atoms. The molecular formula is C42H63N9O9. The molecule has 7 N–H and O–H groups in total. The van der Waals surface area contributed by atoms with Crippen molar-refractivity contribution in [2.24, 2.45) is 17.6 Å². The average Bonchev–Trinajstić information content (AvgIpc) is 3.80. The molecule has 1 atom stereocenters. The first-order valence-electron chi connectivity index (χ1n) is 20.8. The predicted molar refractivity (Wildman–Crippen MR) is 221 cm³/mol. The van der Waals surface area contributed by atoms with Gasteiger partial charge in [-0.1, -0.05) is 17.3 Å². The monoisotopic (exact) mass is 837 g/mol. The van der Waals surface area contributed by atoms with Gasteiger partial charge in [-0.15, -0.1) is 5.10 Å². The molecule has 0 radical (unpaired) electrons. The fourth-order valence-corrected chi connectivity index (χ4v) is 7.00. The van der Waals surface area contributed by atoms with Crippen LogP contribution < -0.4 is 27.0 Å². The molecule has 1 aliphatic carbocycles. The minimum Gasteiger partial charge on any atom is -0.392 e. The lowest BCUT2D eigenvalue weighted by molar-refractivity contribution is -0.138. The van der Waals surface area contributed by atoms with Gasteiger partial charge in [0.2, 0.25) is 23.6 Å². The first kappa shape index (κ1) is 47.6. The zero-order valence-electron chi connectivity index (χ0n) is 35.4. The number of anilines is 1. The molecular weight excluding hydrogens is 775 g/mol. The van der Waals surface area contributed by atoms with E-state index in [1.165, 1.54) is 17.1 Å². The van der Waals surface area contributed by atoms with Crippen LogP contribution >= 0.6 is 0 Å². The molecule has 1 fully saturated rings. The Morgan fingerprint density at radius 3 is 2.30 bits per heavy atom. The van der Waals surface area contributed by atoms with Crippen LogP contribution in [0.5, 0.6) is 0 Å². The van der Waals surface area contributed by atoms with Gasteiger partial charge in [-0.2, -0.15) is 0 Å². The third-order valence-corrected chi connectivity index (χ3v) is 10.7. The number of aryl methyl sites for hydroxylation is 1. The quantitative estimate of drug-likeness (QED) is 0.0620. The zero-order chi connectivity index (χ0) is 43.7. The summed E-state index contributed by atoms with van der Waals surface area (Å²) < 4.78 is 13.3. The van der Waals surface area contributed by atoms with Crippen LogP contribution in [0.25, 0.3) is 0 Å². The number of amides is 6. The number of hydrogen-bond donors (Lipinski definition) is 6. The van der Waals surface area contributed by atoms with E-state index in [0.717, 1.165) is 12.8 Å².